The molecule has 1 N–H and O–H groups in total. The van der Waals surface area contributed by atoms with E-state index in [0.29, 0.717) is 12.1 Å². The predicted molar refractivity (Wildman–Crippen MR) is 60.0 cm³/mol. The van der Waals surface area contributed by atoms with Gasteiger partial charge in [0.25, 0.3) is 11.6 Å². The largest absolute Gasteiger partial charge is 0.416 e. The molecule has 0 bridgehead atoms. The second-order valence-electron chi connectivity index (χ2n) is 4.39. The van der Waals surface area contributed by atoms with Crippen molar-refractivity contribution < 1.29 is 28.0 Å². The highest BCUT2D eigenvalue weighted by Crippen LogP contribution is 2.33. The molecule has 6 nitrogen and oxygen atoms in total. The fraction of sp³-hybridized carbons (Fsp3) is 0.364. The van der Waals surface area contributed by atoms with Gasteiger partial charge in [-0.3, -0.25) is 14.9 Å². The zero-order valence-corrected chi connectivity index (χ0v) is 9.92. The van der Waals surface area contributed by atoms with E-state index in [4.69, 9.17) is 5.11 Å². The van der Waals surface area contributed by atoms with Crippen LogP contribution in [0.3, 0.4) is 0 Å². The van der Waals surface area contributed by atoms with Gasteiger partial charge in [0.15, 0.2) is 0 Å². The van der Waals surface area contributed by atoms with Crippen LogP contribution in [-0.4, -0.2) is 40.0 Å². The molecule has 1 aromatic rings. The molecule has 9 heteroatoms. The predicted octanol–water partition coefficient (Wildman–Crippen LogP) is 1.43. The summed E-state index contributed by atoms with van der Waals surface area (Å²) in [7, 11) is 0. The van der Waals surface area contributed by atoms with Gasteiger partial charge >= 0.3 is 6.18 Å². The van der Waals surface area contributed by atoms with Crippen molar-refractivity contribution in [2.24, 2.45) is 0 Å². The van der Waals surface area contributed by atoms with Crippen LogP contribution in [0.4, 0.5) is 18.9 Å². The number of aliphatic hydroxyl groups excluding tert-OH is 1. The topological polar surface area (TPSA) is 83.7 Å². The molecular weight excluding hydrogens is 281 g/mol. The number of hydrogen-bond acceptors (Lipinski definition) is 4. The van der Waals surface area contributed by atoms with E-state index < -0.39 is 39.9 Å². The van der Waals surface area contributed by atoms with Gasteiger partial charge in [-0.05, 0) is 6.07 Å². The standard InChI is InChI=1S/C11H9F3N2O4/c12-11(13,14)7-1-6(2-8(3-7)16(19)20)10(18)15-4-9(17)5-15/h1-3,9,17H,4-5H2. The number of carbonyl (C=O) groups is 1. The van der Waals surface area contributed by atoms with E-state index in [1.54, 1.807) is 0 Å². The Balaban J connectivity index is 2.39. The van der Waals surface area contributed by atoms with Crippen molar-refractivity contribution in [2.45, 2.75) is 12.3 Å². The number of non-ortho nitro benzene ring substituents is 1. The van der Waals surface area contributed by atoms with Gasteiger partial charge in [0.2, 0.25) is 0 Å². The number of nitrogens with zero attached hydrogens (tertiary/aromatic N) is 2. The fourth-order valence-electron chi connectivity index (χ4n) is 1.81. The number of benzene rings is 1. The van der Waals surface area contributed by atoms with Crippen LogP contribution >= 0.6 is 0 Å². The van der Waals surface area contributed by atoms with Crippen LogP contribution in [0.2, 0.25) is 0 Å². The summed E-state index contributed by atoms with van der Waals surface area (Å²) < 4.78 is 37.9. The molecule has 0 spiro atoms. The first-order chi connectivity index (χ1) is 9.18. The number of alkyl halides is 3. The molecule has 1 heterocycles. The van der Waals surface area contributed by atoms with Gasteiger partial charge in [0, 0.05) is 30.8 Å². The zero-order valence-electron chi connectivity index (χ0n) is 9.92. The lowest BCUT2D eigenvalue weighted by Crippen LogP contribution is -2.53. The Morgan fingerprint density at radius 2 is 1.95 bits per heavy atom. The number of aliphatic hydroxyl groups is 1. The Bertz CT molecular complexity index is 567. The summed E-state index contributed by atoms with van der Waals surface area (Å²) in [5, 5.41) is 19.7. The van der Waals surface area contributed by atoms with Crippen LogP contribution in [0.1, 0.15) is 15.9 Å². The van der Waals surface area contributed by atoms with Crippen molar-refractivity contribution in [1.82, 2.24) is 4.90 Å². The second kappa shape index (κ2) is 4.75. The fourth-order valence-corrected chi connectivity index (χ4v) is 1.81. The highest BCUT2D eigenvalue weighted by atomic mass is 19.4. The molecule has 1 aliphatic heterocycles. The molecule has 0 saturated carbocycles. The lowest BCUT2D eigenvalue weighted by atomic mass is 10.1. The molecule has 0 radical (unpaired) electrons. The molecule has 0 aliphatic carbocycles. The van der Waals surface area contributed by atoms with Gasteiger partial charge in [-0.15, -0.1) is 0 Å². The first kappa shape index (κ1) is 14.3. The van der Waals surface area contributed by atoms with E-state index in [9.17, 15) is 28.1 Å². The molecule has 108 valence electrons. The molecule has 2 rings (SSSR count). The highest BCUT2D eigenvalue weighted by Gasteiger charge is 2.35. The molecule has 1 fully saturated rings. The normalized spacial score (nSPS) is 15.9. The van der Waals surface area contributed by atoms with Crippen LogP contribution in [0.25, 0.3) is 0 Å². The molecular formula is C11H9F3N2O4. The number of likely N-dealkylation sites (tertiary alicyclic amines) is 1. The maximum Gasteiger partial charge on any atom is 0.416 e. The van der Waals surface area contributed by atoms with Crippen LogP contribution < -0.4 is 0 Å². The lowest BCUT2D eigenvalue weighted by Gasteiger charge is -2.35. The van der Waals surface area contributed by atoms with E-state index in [-0.39, 0.29) is 13.1 Å². The average molecular weight is 290 g/mol. The Kier molecular flexibility index (Phi) is 3.38. The maximum absolute atomic E-state index is 12.6. The molecule has 20 heavy (non-hydrogen) atoms. The third kappa shape index (κ3) is 2.72. The molecule has 1 aliphatic rings. The van der Waals surface area contributed by atoms with Crippen LogP contribution in [0, 0.1) is 10.1 Å². The molecule has 1 amide bonds. The summed E-state index contributed by atoms with van der Waals surface area (Å²) in [4.78, 5) is 22.6. The molecule has 0 unspecified atom stereocenters. The van der Waals surface area contributed by atoms with Crippen molar-refractivity contribution >= 4 is 11.6 Å². The molecule has 1 saturated heterocycles. The smallest absolute Gasteiger partial charge is 0.389 e. The Morgan fingerprint density at radius 3 is 2.40 bits per heavy atom. The van der Waals surface area contributed by atoms with E-state index >= 15 is 0 Å². The summed E-state index contributed by atoms with van der Waals surface area (Å²) >= 11 is 0. The third-order valence-corrected chi connectivity index (χ3v) is 2.85. The number of amides is 1. The first-order valence-electron chi connectivity index (χ1n) is 5.52. The minimum atomic E-state index is -4.78. The zero-order chi connectivity index (χ0) is 15.1. The Labute approximate surface area is 110 Å². The molecule has 1 aromatic carbocycles. The second-order valence-corrected chi connectivity index (χ2v) is 4.39. The number of nitro groups is 1. The number of rotatable bonds is 2. The van der Waals surface area contributed by atoms with Crippen molar-refractivity contribution in [3.05, 3.63) is 39.4 Å². The van der Waals surface area contributed by atoms with Gasteiger partial charge in [-0.25, -0.2) is 0 Å². The lowest BCUT2D eigenvalue weighted by molar-refractivity contribution is -0.385. The van der Waals surface area contributed by atoms with Crippen LogP contribution in [0.15, 0.2) is 18.2 Å². The quantitative estimate of drug-likeness (QED) is 0.659. The Hall–Kier alpha value is -2.16. The first-order valence-corrected chi connectivity index (χ1v) is 5.52. The minimum Gasteiger partial charge on any atom is -0.389 e. The summed E-state index contributed by atoms with van der Waals surface area (Å²) in [6.45, 7) is 0.00571. The van der Waals surface area contributed by atoms with Gasteiger partial charge < -0.3 is 10.0 Å². The van der Waals surface area contributed by atoms with Crippen molar-refractivity contribution in [3.8, 4) is 0 Å². The summed E-state index contributed by atoms with van der Waals surface area (Å²) in [5.41, 5.74) is -2.47. The van der Waals surface area contributed by atoms with E-state index in [2.05, 4.69) is 0 Å². The van der Waals surface area contributed by atoms with E-state index in [1.165, 1.54) is 0 Å². The van der Waals surface area contributed by atoms with Crippen molar-refractivity contribution in [1.29, 1.82) is 0 Å². The maximum atomic E-state index is 12.6. The van der Waals surface area contributed by atoms with Gasteiger partial charge in [-0.1, -0.05) is 0 Å². The highest BCUT2D eigenvalue weighted by molar-refractivity contribution is 5.95. The number of halogens is 3. The van der Waals surface area contributed by atoms with E-state index in [1.807, 2.05) is 0 Å². The third-order valence-electron chi connectivity index (χ3n) is 2.85. The van der Waals surface area contributed by atoms with Crippen LogP contribution in [-0.2, 0) is 6.18 Å². The summed E-state index contributed by atoms with van der Waals surface area (Å²) in [5.74, 6) is -0.774. The molecule has 0 atom stereocenters. The van der Waals surface area contributed by atoms with Gasteiger partial charge in [0.05, 0.1) is 16.6 Å². The Morgan fingerprint density at radius 1 is 1.35 bits per heavy atom. The van der Waals surface area contributed by atoms with Gasteiger partial charge in [-0.2, -0.15) is 13.2 Å². The summed E-state index contributed by atoms with van der Waals surface area (Å²) in [6.07, 6.45) is -5.49. The van der Waals surface area contributed by atoms with E-state index in [0.717, 1.165) is 11.0 Å². The average Bonchev–Trinajstić information content (AvgIpc) is 2.32. The summed E-state index contributed by atoms with van der Waals surface area (Å²) in [6, 6.07) is 1.74. The number of β-amino-alcohol motifs (C(OH)–C–C–N with tert-alkyl or cyclic N) is 1. The van der Waals surface area contributed by atoms with Gasteiger partial charge in [0.1, 0.15) is 0 Å². The monoisotopic (exact) mass is 290 g/mol. The van der Waals surface area contributed by atoms with Crippen LogP contribution in [0.5, 0.6) is 0 Å². The van der Waals surface area contributed by atoms with Crippen molar-refractivity contribution in [2.75, 3.05) is 13.1 Å². The van der Waals surface area contributed by atoms with Crippen molar-refractivity contribution in [3.63, 3.8) is 0 Å². The molecule has 0 aromatic heterocycles. The number of nitro benzene ring substituents is 1. The number of hydrogen-bond donors (Lipinski definition) is 1. The minimum absolute atomic E-state index is 0.00285. The SMILES string of the molecule is O=C(c1cc([N+](=O)[O-])cc(C(F)(F)F)c1)N1CC(O)C1. The number of carbonyl (C=O) groups excluding carboxylic acids is 1.